The normalized spacial score (nSPS) is 25.6. The molecule has 1 N–H and O–H groups in total. The van der Waals surface area contributed by atoms with E-state index in [-0.39, 0.29) is 22.3 Å². The van der Waals surface area contributed by atoms with Gasteiger partial charge in [0.15, 0.2) is 16.6 Å². The number of ether oxygens (including phenoxy) is 1. The van der Waals surface area contributed by atoms with Crippen LogP contribution in [0, 0.1) is 0 Å². The second-order valence-corrected chi connectivity index (χ2v) is 21.3. The van der Waals surface area contributed by atoms with Gasteiger partial charge in [-0.1, -0.05) is 84.0 Å². The first-order valence-electron chi connectivity index (χ1n) is 11.4. The molecular formula is C25H44O4Si2. The Morgan fingerprint density at radius 3 is 1.81 bits per heavy atom. The maximum absolute atomic E-state index is 10.9. The first-order valence-corrected chi connectivity index (χ1v) is 17.2. The summed E-state index contributed by atoms with van der Waals surface area (Å²) in [5.74, 6) is 0. The van der Waals surface area contributed by atoms with Gasteiger partial charge in [-0.25, -0.2) is 0 Å². The summed E-state index contributed by atoms with van der Waals surface area (Å²) in [5, 5.41) is 11.0. The van der Waals surface area contributed by atoms with Gasteiger partial charge in [-0.05, 0) is 41.8 Å². The molecule has 0 aliphatic heterocycles. The Balaban J connectivity index is 2.35. The monoisotopic (exact) mass is 464 g/mol. The third kappa shape index (κ3) is 6.62. The van der Waals surface area contributed by atoms with Crippen molar-refractivity contribution < 1.29 is 18.7 Å². The quantitative estimate of drug-likeness (QED) is 0.381. The number of hydrogen-bond donors (Lipinski definition) is 1. The molecule has 1 aliphatic carbocycles. The molecule has 0 fully saturated rings. The van der Waals surface area contributed by atoms with Crippen LogP contribution < -0.4 is 0 Å². The van der Waals surface area contributed by atoms with E-state index in [4.69, 9.17) is 13.6 Å². The van der Waals surface area contributed by atoms with Gasteiger partial charge in [0, 0.05) is 0 Å². The smallest absolute Gasteiger partial charge is 0.193 e. The zero-order valence-corrected chi connectivity index (χ0v) is 23.2. The zero-order chi connectivity index (χ0) is 23.7. The highest BCUT2D eigenvalue weighted by Gasteiger charge is 2.48. The molecule has 176 valence electrons. The molecule has 4 nitrogen and oxygen atoms in total. The Morgan fingerprint density at radius 1 is 0.774 bits per heavy atom. The van der Waals surface area contributed by atoms with Crippen molar-refractivity contribution >= 4 is 16.6 Å². The zero-order valence-electron chi connectivity index (χ0n) is 21.2. The van der Waals surface area contributed by atoms with Crippen molar-refractivity contribution in [3.8, 4) is 0 Å². The molecule has 0 bridgehead atoms. The van der Waals surface area contributed by atoms with E-state index in [1.807, 2.05) is 30.4 Å². The summed E-state index contributed by atoms with van der Waals surface area (Å²) in [7, 11) is -4.17. The van der Waals surface area contributed by atoms with E-state index in [9.17, 15) is 5.11 Å². The van der Waals surface area contributed by atoms with Crippen molar-refractivity contribution in [1.82, 2.24) is 0 Å². The molecule has 1 aromatic rings. The maximum atomic E-state index is 10.9. The van der Waals surface area contributed by atoms with Crippen molar-refractivity contribution in [2.45, 2.75) is 109 Å². The third-order valence-corrected chi connectivity index (χ3v) is 16.2. The molecule has 0 saturated carbocycles. The van der Waals surface area contributed by atoms with Crippen LogP contribution in [0.25, 0.3) is 0 Å². The Bertz CT molecular complexity index is 732. The van der Waals surface area contributed by atoms with Gasteiger partial charge in [0.25, 0.3) is 0 Å². The minimum absolute atomic E-state index is 0.0354. The fraction of sp³-hybridized carbons (Fsp3) is 0.680. The number of rotatable bonds is 7. The van der Waals surface area contributed by atoms with Gasteiger partial charge in [0.1, 0.15) is 12.2 Å². The van der Waals surface area contributed by atoms with Crippen molar-refractivity contribution in [1.29, 1.82) is 0 Å². The highest BCUT2D eigenvalue weighted by molar-refractivity contribution is 6.74. The number of hydrogen-bond acceptors (Lipinski definition) is 4. The van der Waals surface area contributed by atoms with Crippen LogP contribution in [0.4, 0.5) is 0 Å². The van der Waals surface area contributed by atoms with Crippen molar-refractivity contribution in [3.05, 3.63) is 48.0 Å². The molecule has 0 radical (unpaired) electrons. The lowest BCUT2D eigenvalue weighted by atomic mass is 9.96. The van der Waals surface area contributed by atoms with Crippen molar-refractivity contribution in [2.24, 2.45) is 0 Å². The van der Waals surface area contributed by atoms with Crippen LogP contribution in [0.3, 0.4) is 0 Å². The van der Waals surface area contributed by atoms with Gasteiger partial charge in [-0.3, -0.25) is 0 Å². The fourth-order valence-corrected chi connectivity index (χ4v) is 5.61. The van der Waals surface area contributed by atoms with Crippen LogP contribution >= 0.6 is 0 Å². The number of aliphatic hydroxyl groups is 1. The summed E-state index contributed by atoms with van der Waals surface area (Å²) in [6.07, 6.45) is 2.02. The summed E-state index contributed by atoms with van der Waals surface area (Å²) >= 11 is 0. The average molecular weight is 465 g/mol. The fourth-order valence-electron chi connectivity index (χ4n) is 3.06. The first-order chi connectivity index (χ1) is 14.1. The minimum Gasteiger partial charge on any atom is -0.408 e. The van der Waals surface area contributed by atoms with Crippen LogP contribution in [0.1, 0.15) is 47.1 Å². The molecular weight excluding hydrogens is 420 g/mol. The largest absolute Gasteiger partial charge is 0.408 e. The predicted molar refractivity (Wildman–Crippen MR) is 134 cm³/mol. The van der Waals surface area contributed by atoms with Crippen LogP contribution in [-0.4, -0.2) is 46.2 Å². The van der Waals surface area contributed by atoms with E-state index >= 15 is 0 Å². The summed E-state index contributed by atoms with van der Waals surface area (Å²) in [6, 6.07) is 10.2. The van der Waals surface area contributed by atoms with Gasteiger partial charge in [0.2, 0.25) is 0 Å². The Labute approximate surface area is 192 Å². The molecule has 1 aromatic carbocycles. The van der Waals surface area contributed by atoms with Crippen LogP contribution in [0.2, 0.25) is 36.3 Å². The molecule has 6 heteroatoms. The number of aliphatic hydroxyl groups excluding tert-OH is 1. The van der Waals surface area contributed by atoms with Gasteiger partial charge >= 0.3 is 0 Å². The molecule has 1 aliphatic rings. The Morgan fingerprint density at radius 2 is 1.29 bits per heavy atom. The Kier molecular flexibility index (Phi) is 8.21. The molecule has 0 heterocycles. The predicted octanol–water partition coefficient (Wildman–Crippen LogP) is 6.28. The van der Waals surface area contributed by atoms with Crippen LogP contribution in [0.5, 0.6) is 0 Å². The topological polar surface area (TPSA) is 47.9 Å². The van der Waals surface area contributed by atoms with Gasteiger partial charge < -0.3 is 18.7 Å². The molecule has 31 heavy (non-hydrogen) atoms. The summed E-state index contributed by atoms with van der Waals surface area (Å²) < 4.78 is 20.0. The Hall–Kier alpha value is -0.766. The van der Waals surface area contributed by atoms with E-state index in [1.54, 1.807) is 0 Å². The molecule has 0 saturated heterocycles. The highest BCUT2D eigenvalue weighted by atomic mass is 28.4. The molecule has 0 unspecified atom stereocenters. The SMILES string of the molecule is CC(C)(C)[Si](C)(C)O[C@H]1[C@H](OCc2ccccc2)[C@@H](O[Si](C)(C)C(C)(C)C)C=C[C@H]1O. The van der Waals surface area contributed by atoms with Gasteiger partial charge in [-0.15, -0.1) is 0 Å². The molecule has 4 atom stereocenters. The maximum Gasteiger partial charge on any atom is 0.193 e. The van der Waals surface area contributed by atoms with E-state index in [1.165, 1.54) is 0 Å². The van der Waals surface area contributed by atoms with Crippen molar-refractivity contribution in [2.75, 3.05) is 0 Å². The van der Waals surface area contributed by atoms with Gasteiger partial charge in [-0.2, -0.15) is 0 Å². The van der Waals surface area contributed by atoms with Crippen LogP contribution in [0.15, 0.2) is 42.5 Å². The number of benzene rings is 1. The lowest BCUT2D eigenvalue weighted by Crippen LogP contribution is -2.58. The molecule has 2 rings (SSSR count). The summed E-state index contributed by atoms with van der Waals surface area (Å²) in [5.41, 5.74) is 1.10. The van der Waals surface area contributed by atoms with E-state index < -0.39 is 28.8 Å². The molecule has 0 spiro atoms. The highest BCUT2D eigenvalue weighted by Crippen LogP contribution is 2.41. The molecule has 0 amide bonds. The first kappa shape index (κ1) is 26.5. The van der Waals surface area contributed by atoms with E-state index in [0.29, 0.717) is 6.61 Å². The standard InChI is InChI=1S/C25H44O4Si2/c1-24(2,3)30(7,8)28-21-17-16-20(26)22(29-31(9,10)25(4,5)6)23(21)27-18-19-14-12-11-13-15-19/h11-17,20-23,26H,18H2,1-10H3/t20-,21+,22-,23-/m1/s1. The third-order valence-electron chi connectivity index (χ3n) is 7.24. The minimum atomic E-state index is -2.13. The summed E-state index contributed by atoms with van der Waals surface area (Å²) in [4.78, 5) is 0. The second-order valence-electron chi connectivity index (χ2n) is 11.8. The average Bonchev–Trinajstić information content (AvgIpc) is 2.62. The van der Waals surface area contributed by atoms with E-state index in [0.717, 1.165) is 5.56 Å². The van der Waals surface area contributed by atoms with E-state index in [2.05, 4.69) is 79.9 Å². The second kappa shape index (κ2) is 9.61. The molecule has 0 aromatic heterocycles. The van der Waals surface area contributed by atoms with Crippen molar-refractivity contribution in [3.63, 3.8) is 0 Å². The van der Waals surface area contributed by atoms with Gasteiger partial charge in [0.05, 0.1) is 18.8 Å². The lowest BCUT2D eigenvalue weighted by molar-refractivity contribution is -0.117. The lowest BCUT2D eigenvalue weighted by Gasteiger charge is -2.47. The van der Waals surface area contributed by atoms with Crippen LogP contribution in [-0.2, 0) is 20.2 Å². The summed E-state index contributed by atoms with van der Waals surface area (Å²) in [6.45, 7) is 22.8.